The van der Waals surface area contributed by atoms with Gasteiger partial charge in [-0.1, -0.05) is 24.3 Å². The van der Waals surface area contributed by atoms with Crippen molar-refractivity contribution in [3.63, 3.8) is 0 Å². The van der Waals surface area contributed by atoms with Crippen molar-refractivity contribution in [3.8, 4) is 11.5 Å². The molecule has 0 aliphatic rings. The first kappa shape index (κ1) is 19.1. The fourth-order valence-electron chi connectivity index (χ4n) is 2.67. The second kappa shape index (κ2) is 7.32. The summed E-state index contributed by atoms with van der Waals surface area (Å²) in [7, 11) is -1.48. The molecule has 0 saturated heterocycles. The summed E-state index contributed by atoms with van der Waals surface area (Å²) in [5.41, 5.74) is 0. The first-order valence-corrected chi connectivity index (χ1v) is 7.90. The quantitative estimate of drug-likeness (QED) is 0.412. The van der Waals surface area contributed by atoms with Gasteiger partial charge in [0.15, 0.2) is 0 Å². The van der Waals surface area contributed by atoms with Crippen LogP contribution in [0.25, 0.3) is 21.5 Å². The predicted octanol–water partition coefficient (Wildman–Crippen LogP) is -0.0817. The fraction of sp³-hybridized carbons (Fsp3) is 0.125. The number of hydrogen-bond acceptors (Lipinski definition) is 5. The predicted molar refractivity (Wildman–Crippen MR) is 82.5 cm³/mol. The maximum absolute atomic E-state index is 11.3. The van der Waals surface area contributed by atoms with Crippen LogP contribution in [0, 0.1) is 0 Å². The van der Waals surface area contributed by atoms with Crippen molar-refractivity contribution in [2.24, 2.45) is 0 Å². The van der Waals surface area contributed by atoms with E-state index in [0.717, 1.165) is 10.8 Å². The van der Waals surface area contributed by atoms with Crippen LogP contribution >= 0.6 is 0 Å². The molecule has 23 heavy (non-hydrogen) atoms. The summed E-state index contributed by atoms with van der Waals surface area (Å²) < 4.78 is 44.7. The van der Waals surface area contributed by atoms with Crippen LogP contribution in [0.3, 0.4) is 0 Å². The molecule has 0 bridgehead atoms. The minimum absolute atomic E-state index is 0. The van der Waals surface area contributed by atoms with Crippen LogP contribution in [-0.4, -0.2) is 27.2 Å². The second-order valence-corrected chi connectivity index (χ2v) is 6.15. The van der Waals surface area contributed by atoms with Crippen molar-refractivity contribution < 1.29 is 91.3 Å². The Morgan fingerprint density at radius 1 is 0.826 bits per heavy atom. The van der Waals surface area contributed by atoms with Gasteiger partial charge < -0.3 is 14.0 Å². The number of hydrogen-bond donors (Lipinski definition) is 0. The van der Waals surface area contributed by atoms with E-state index in [1.54, 1.807) is 13.2 Å². The van der Waals surface area contributed by atoms with Crippen molar-refractivity contribution in [1.82, 2.24) is 0 Å². The van der Waals surface area contributed by atoms with Crippen molar-refractivity contribution >= 4 is 31.7 Å². The van der Waals surface area contributed by atoms with Crippen LogP contribution in [-0.2, 0) is 10.1 Å². The first-order valence-electron chi connectivity index (χ1n) is 6.49. The number of fused-ring (bicyclic) bond motifs is 2. The third-order valence-electron chi connectivity index (χ3n) is 3.59. The Bertz CT molecular complexity index is 983. The van der Waals surface area contributed by atoms with Crippen LogP contribution in [0.5, 0.6) is 11.5 Å². The summed E-state index contributed by atoms with van der Waals surface area (Å²) in [6, 6.07) is 11.7. The van der Waals surface area contributed by atoms with Crippen molar-refractivity contribution in [2.45, 2.75) is 4.90 Å². The topological polar surface area (TPSA) is 75.7 Å². The Morgan fingerprint density at radius 2 is 1.30 bits per heavy atom. The van der Waals surface area contributed by atoms with E-state index in [1.165, 1.54) is 19.2 Å². The maximum Gasteiger partial charge on any atom is 1.00 e. The van der Waals surface area contributed by atoms with Crippen molar-refractivity contribution in [2.75, 3.05) is 14.2 Å². The molecule has 0 atom stereocenters. The van der Waals surface area contributed by atoms with Crippen molar-refractivity contribution in [1.29, 1.82) is 0 Å². The number of benzene rings is 3. The van der Waals surface area contributed by atoms with Gasteiger partial charge >= 0.3 is 68.9 Å². The third kappa shape index (κ3) is 3.42. The summed E-state index contributed by atoms with van der Waals surface area (Å²) in [6.45, 7) is 0. The van der Waals surface area contributed by atoms with E-state index in [-0.39, 0.29) is 73.8 Å². The summed E-state index contributed by atoms with van der Waals surface area (Å²) in [5.74, 6) is 1.12. The fourth-order valence-corrected chi connectivity index (χ4v) is 3.17. The summed E-state index contributed by atoms with van der Waals surface area (Å²) in [5, 5.41) is 2.85. The monoisotopic (exact) mass is 450 g/mol. The zero-order valence-corrected chi connectivity index (χ0v) is 20.1. The molecule has 0 unspecified atom stereocenters. The Kier molecular flexibility index (Phi) is 6.07. The van der Waals surface area contributed by atoms with Gasteiger partial charge in [0.05, 0.1) is 19.1 Å². The van der Waals surface area contributed by atoms with E-state index in [2.05, 4.69) is 0 Å². The largest absolute Gasteiger partial charge is 1.00 e. The number of methoxy groups -OCH3 is 2. The standard InChI is InChI=1S/C16H14O5S.Cs/c1-20-15-11-5-3-4-6-12(11)16(21-2)14-9-10(22(17,18)19)7-8-13(14)15;/h3-9H,1-2H3,(H,17,18,19);/q;+1/p-1. The van der Waals surface area contributed by atoms with Crippen LogP contribution < -0.4 is 78.4 Å². The van der Waals surface area contributed by atoms with Gasteiger partial charge in [-0.05, 0) is 18.2 Å². The average Bonchev–Trinajstić information content (AvgIpc) is 2.51. The maximum atomic E-state index is 11.3. The Balaban J connectivity index is 0.00000192. The molecule has 3 aromatic rings. The number of rotatable bonds is 3. The molecule has 114 valence electrons. The van der Waals surface area contributed by atoms with E-state index in [1.807, 2.05) is 24.3 Å². The van der Waals surface area contributed by atoms with Crippen molar-refractivity contribution in [3.05, 3.63) is 42.5 Å². The zero-order valence-electron chi connectivity index (χ0n) is 13.0. The first-order chi connectivity index (χ1) is 10.5. The van der Waals surface area contributed by atoms with E-state index >= 15 is 0 Å². The molecule has 0 aliphatic carbocycles. The smallest absolute Gasteiger partial charge is 0.744 e. The van der Waals surface area contributed by atoms with E-state index in [9.17, 15) is 13.0 Å². The molecule has 5 nitrogen and oxygen atoms in total. The Labute approximate surface area is 193 Å². The van der Waals surface area contributed by atoms with Crippen LogP contribution in [0.15, 0.2) is 47.4 Å². The van der Waals surface area contributed by atoms with Gasteiger partial charge in [0.25, 0.3) is 0 Å². The molecule has 0 radical (unpaired) electrons. The third-order valence-corrected chi connectivity index (χ3v) is 4.42. The molecule has 0 amide bonds. The van der Waals surface area contributed by atoms with Crippen LogP contribution in [0.1, 0.15) is 0 Å². The Morgan fingerprint density at radius 3 is 1.78 bits per heavy atom. The molecule has 3 aromatic carbocycles. The average molecular weight is 450 g/mol. The molecule has 0 aliphatic heterocycles. The Hall–Kier alpha value is -0.258. The molecule has 0 N–H and O–H groups in total. The summed E-state index contributed by atoms with van der Waals surface area (Å²) >= 11 is 0. The van der Waals surface area contributed by atoms with Gasteiger partial charge in [-0.25, -0.2) is 8.42 Å². The van der Waals surface area contributed by atoms with Gasteiger partial charge in [0.1, 0.15) is 21.6 Å². The summed E-state index contributed by atoms with van der Waals surface area (Å²) in [6.07, 6.45) is 0. The van der Waals surface area contributed by atoms with E-state index in [4.69, 9.17) is 9.47 Å². The summed E-state index contributed by atoms with van der Waals surface area (Å²) in [4.78, 5) is -0.296. The van der Waals surface area contributed by atoms with E-state index < -0.39 is 10.1 Å². The minimum atomic E-state index is -4.54. The normalized spacial score (nSPS) is 11.3. The van der Waals surface area contributed by atoms with Gasteiger partial charge in [-0.15, -0.1) is 0 Å². The minimum Gasteiger partial charge on any atom is -0.744 e. The van der Waals surface area contributed by atoms with Crippen LogP contribution in [0.2, 0.25) is 0 Å². The molecule has 0 spiro atoms. The van der Waals surface area contributed by atoms with Crippen LogP contribution in [0.4, 0.5) is 0 Å². The molecular weight excluding hydrogens is 437 g/mol. The van der Waals surface area contributed by atoms with Gasteiger partial charge in [0, 0.05) is 21.5 Å². The van der Waals surface area contributed by atoms with Gasteiger partial charge in [0.2, 0.25) is 0 Å². The zero-order chi connectivity index (χ0) is 15.9. The SMILES string of the molecule is COc1c2ccccc2c(OC)c2cc(S(=O)(=O)[O-])ccc12.[Cs+]. The van der Waals surface area contributed by atoms with E-state index in [0.29, 0.717) is 22.3 Å². The molecule has 3 rings (SSSR count). The molecular formula is C16H13CsO5S. The van der Waals surface area contributed by atoms with Gasteiger partial charge in [-0.2, -0.15) is 0 Å². The van der Waals surface area contributed by atoms with Gasteiger partial charge in [-0.3, -0.25) is 0 Å². The molecule has 0 fully saturated rings. The second-order valence-electron chi connectivity index (χ2n) is 4.77. The number of ether oxygens (including phenoxy) is 2. The molecule has 0 saturated carbocycles. The molecule has 0 aromatic heterocycles. The molecule has 7 heteroatoms. The molecule has 0 heterocycles.